The van der Waals surface area contributed by atoms with Crippen molar-refractivity contribution in [3.8, 4) is 0 Å². The molecular formula is C8H11N3O3. The summed E-state index contributed by atoms with van der Waals surface area (Å²) in [5.74, 6) is -1.49. The van der Waals surface area contributed by atoms with E-state index >= 15 is 0 Å². The van der Waals surface area contributed by atoms with Crippen molar-refractivity contribution in [2.45, 2.75) is 13.0 Å². The first-order valence-electron chi connectivity index (χ1n) is 3.99. The number of carbonyl (C=O) groups excluding carboxylic acids is 1. The van der Waals surface area contributed by atoms with Crippen LogP contribution in [0, 0.1) is 0 Å². The standard InChI is InChI=1S/C8H11N3O3/c1-5(12)10-7(8(13)14)6-3-9-11(2)4-6/h3-4,7H,1-2H3,(H,10,12)(H,13,14). The molecule has 0 fully saturated rings. The lowest BCUT2D eigenvalue weighted by Crippen LogP contribution is -2.31. The predicted octanol–water partition coefficient (Wildman–Crippen LogP) is -0.318. The average Bonchev–Trinajstić information content (AvgIpc) is 2.46. The van der Waals surface area contributed by atoms with Crippen molar-refractivity contribution < 1.29 is 14.7 Å². The Hall–Kier alpha value is -1.85. The third kappa shape index (κ3) is 2.32. The topological polar surface area (TPSA) is 84.2 Å². The van der Waals surface area contributed by atoms with Crippen LogP contribution < -0.4 is 5.32 Å². The molecule has 1 atom stereocenters. The van der Waals surface area contributed by atoms with Crippen molar-refractivity contribution >= 4 is 11.9 Å². The van der Waals surface area contributed by atoms with Crippen LogP contribution in [0.25, 0.3) is 0 Å². The fourth-order valence-corrected chi connectivity index (χ4v) is 1.08. The van der Waals surface area contributed by atoms with E-state index in [1.165, 1.54) is 17.8 Å². The molecule has 1 amide bonds. The smallest absolute Gasteiger partial charge is 0.331 e. The second-order valence-corrected chi connectivity index (χ2v) is 2.92. The number of nitrogens with one attached hydrogen (secondary N) is 1. The number of carboxylic acid groups (broad SMARTS) is 1. The van der Waals surface area contributed by atoms with Crippen LogP contribution in [0.1, 0.15) is 18.5 Å². The fourth-order valence-electron chi connectivity index (χ4n) is 1.08. The van der Waals surface area contributed by atoms with Crippen LogP contribution in [0.5, 0.6) is 0 Å². The maximum absolute atomic E-state index is 10.8. The number of nitrogens with zero attached hydrogens (tertiary/aromatic N) is 2. The Bertz CT molecular complexity index is 358. The zero-order valence-corrected chi connectivity index (χ0v) is 7.89. The fraction of sp³-hybridized carbons (Fsp3) is 0.375. The van der Waals surface area contributed by atoms with Crippen LogP contribution >= 0.6 is 0 Å². The first kappa shape index (κ1) is 10.2. The molecule has 1 unspecified atom stereocenters. The molecule has 0 bridgehead atoms. The number of carbonyl (C=O) groups is 2. The van der Waals surface area contributed by atoms with Gasteiger partial charge in [0.15, 0.2) is 6.04 Å². The molecule has 0 aliphatic rings. The zero-order chi connectivity index (χ0) is 10.7. The van der Waals surface area contributed by atoms with Gasteiger partial charge < -0.3 is 10.4 Å². The average molecular weight is 197 g/mol. The van der Waals surface area contributed by atoms with E-state index in [2.05, 4.69) is 10.4 Å². The molecule has 1 heterocycles. The largest absolute Gasteiger partial charge is 0.479 e. The molecular weight excluding hydrogens is 186 g/mol. The van der Waals surface area contributed by atoms with Crippen molar-refractivity contribution in [2.75, 3.05) is 0 Å². The van der Waals surface area contributed by atoms with E-state index in [9.17, 15) is 9.59 Å². The van der Waals surface area contributed by atoms with Crippen molar-refractivity contribution in [2.24, 2.45) is 7.05 Å². The van der Waals surface area contributed by atoms with Crippen LogP contribution in [-0.2, 0) is 16.6 Å². The molecule has 1 aromatic rings. The lowest BCUT2D eigenvalue weighted by molar-refractivity contribution is -0.141. The molecule has 1 aromatic heterocycles. The second kappa shape index (κ2) is 3.91. The van der Waals surface area contributed by atoms with Crippen molar-refractivity contribution in [3.05, 3.63) is 18.0 Å². The molecule has 6 heteroatoms. The molecule has 1 rings (SSSR count). The normalized spacial score (nSPS) is 12.1. The van der Waals surface area contributed by atoms with Crippen LogP contribution in [0.2, 0.25) is 0 Å². The van der Waals surface area contributed by atoms with Gasteiger partial charge in [0.1, 0.15) is 0 Å². The van der Waals surface area contributed by atoms with Gasteiger partial charge >= 0.3 is 5.97 Å². The summed E-state index contributed by atoms with van der Waals surface area (Å²) in [7, 11) is 1.68. The van der Waals surface area contributed by atoms with Crippen LogP contribution in [-0.4, -0.2) is 26.8 Å². The molecule has 0 radical (unpaired) electrons. The quantitative estimate of drug-likeness (QED) is 0.695. The van der Waals surface area contributed by atoms with Gasteiger partial charge in [0.25, 0.3) is 0 Å². The first-order valence-corrected chi connectivity index (χ1v) is 3.99. The van der Waals surface area contributed by atoms with Gasteiger partial charge in [-0.3, -0.25) is 9.48 Å². The molecule has 6 nitrogen and oxygen atoms in total. The molecule has 14 heavy (non-hydrogen) atoms. The third-order valence-corrected chi connectivity index (χ3v) is 1.65. The number of aryl methyl sites for hydroxylation is 1. The van der Waals surface area contributed by atoms with Gasteiger partial charge in [0.2, 0.25) is 5.91 Å². The lowest BCUT2D eigenvalue weighted by atomic mass is 10.1. The van der Waals surface area contributed by atoms with Gasteiger partial charge in [0.05, 0.1) is 6.20 Å². The maximum atomic E-state index is 10.8. The van der Waals surface area contributed by atoms with Gasteiger partial charge in [-0.15, -0.1) is 0 Å². The summed E-state index contributed by atoms with van der Waals surface area (Å²) in [4.78, 5) is 21.5. The number of rotatable bonds is 3. The van der Waals surface area contributed by atoms with Crippen molar-refractivity contribution in [1.82, 2.24) is 15.1 Å². The maximum Gasteiger partial charge on any atom is 0.331 e. The van der Waals surface area contributed by atoms with E-state index in [4.69, 9.17) is 5.11 Å². The monoisotopic (exact) mass is 197 g/mol. The minimum absolute atomic E-state index is 0.388. The van der Waals surface area contributed by atoms with E-state index in [-0.39, 0.29) is 5.91 Å². The number of aromatic nitrogens is 2. The van der Waals surface area contributed by atoms with Gasteiger partial charge in [-0.2, -0.15) is 5.10 Å². The highest BCUT2D eigenvalue weighted by Crippen LogP contribution is 2.11. The molecule has 0 spiro atoms. The highest BCUT2D eigenvalue weighted by Gasteiger charge is 2.21. The Labute approximate surface area is 80.5 Å². The van der Waals surface area contributed by atoms with Gasteiger partial charge in [-0.05, 0) is 0 Å². The summed E-state index contributed by atoms with van der Waals surface area (Å²) >= 11 is 0. The zero-order valence-electron chi connectivity index (χ0n) is 7.89. The minimum atomic E-state index is -1.10. The second-order valence-electron chi connectivity index (χ2n) is 2.92. The van der Waals surface area contributed by atoms with Gasteiger partial charge in [-0.1, -0.05) is 0 Å². The number of hydrogen-bond donors (Lipinski definition) is 2. The predicted molar refractivity (Wildman–Crippen MR) is 47.4 cm³/mol. The van der Waals surface area contributed by atoms with E-state index in [1.54, 1.807) is 13.2 Å². The SMILES string of the molecule is CC(=O)NC(C(=O)O)c1cnn(C)c1. The first-order chi connectivity index (χ1) is 6.50. The van der Waals surface area contributed by atoms with E-state index in [1.807, 2.05) is 0 Å². The number of aliphatic carboxylic acids is 1. The highest BCUT2D eigenvalue weighted by molar-refractivity contribution is 5.83. The minimum Gasteiger partial charge on any atom is -0.479 e. The molecule has 0 aliphatic heterocycles. The summed E-state index contributed by atoms with van der Waals surface area (Å²) in [6.07, 6.45) is 2.96. The Kier molecular flexibility index (Phi) is 2.85. The Balaban J connectivity index is 2.88. The Morgan fingerprint density at radius 1 is 1.64 bits per heavy atom. The Morgan fingerprint density at radius 2 is 2.29 bits per heavy atom. The number of hydrogen-bond acceptors (Lipinski definition) is 3. The molecule has 76 valence electrons. The van der Waals surface area contributed by atoms with E-state index in [0.717, 1.165) is 0 Å². The van der Waals surface area contributed by atoms with Crippen molar-refractivity contribution in [1.29, 1.82) is 0 Å². The lowest BCUT2D eigenvalue weighted by Gasteiger charge is -2.10. The third-order valence-electron chi connectivity index (χ3n) is 1.65. The number of carboxylic acids is 1. The van der Waals surface area contributed by atoms with Crippen LogP contribution in [0.4, 0.5) is 0 Å². The number of amides is 1. The highest BCUT2D eigenvalue weighted by atomic mass is 16.4. The Morgan fingerprint density at radius 3 is 2.64 bits per heavy atom. The van der Waals surface area contributed by atoms with Crippen LogP contribution in [0.3, 0.4) is 0 Å². The molecule has 2 N–H and O–H groups in total. The summed E-state index contributed by atoms with van der Waals surface area (Å²) in [5.41, 5.74) is 0.454. The van der Waals surface area contributed by atoms with Crippen molar-refractivity contribution in [3.63, 3.8) is 0 Å². The molecule has 0 saturated heterocycles. The van der Waals surface area contributed by atoms with E-state index < -0.39 is 12.0 Å². The van der Waals surface area contributed by atoms with Crippen LogP contribution in [0.15, 0.2) is 12.4 Å². The molecule has 0 aromatic carbocycles. The summed E-state index contributed by atoms with van der Waals surface area (Å²) < 4.78 is 1.48. The summed E-state index contributed by atoms with van der Waals surface area (Å²) in [6, 6.07) is -1.03. The summed E-state index contributed by atoms with van der Waals surface area (Å²) in [5, 5.41) is 15.0. The van der Waals surface area contributed by atoms with Gasteiger partial charge in [-0.25, -0.2) is 4.79 Å². The molecule has 0 saturated carbocycles. The van der Waals surface area contributed by atoms with E-state index in [0.29, 0.717) is 5.56 Å². The van der Waals surface area contributed by atoms with Gasteiger partial charge in [0, 0.05) is 25.7 Å². The summed E-state index contributed by atoms with van der Waals surface area (Å²) in [6.45, 7) is 1.27. The molecule has 0 aliphatic carbocycles.